The minimum atomic E-state index is -0.306. The van der Waals surface area contributed by atoms with Crippen molar-refractivity contribution in [1.82, 2.24) is 0 Å². The zero-order chi connectivity index (χ0) is 14.7. The molecule has 0 heterocycles. The summed E-state index contributed by atoms with van der Waals surface area (Å²) in [5, 5.41) is 12.7. The summed E-state index contributed by atoms with van der Waals surface area (Å²) >= 11 is 0. The lowest BCUT2D eigenvalue weighted by Gasteiger charge is -2.19. The molecule has 0 aliphatic rings. The minimum Gasteiger partial charge on any atom is -0.508 e. The first-order valence-electron chi connectivity index (χ1n) is 6.41. The van der Waals surface area contributed by atoms with Gasteiger partial charge >= 0.3 is 0 Å². The highest BCUT2D eigenvalue weighted by atomic mass is 19.1. The van der Waals surface area contributed by atoms with Crippen LogP contribution >= 0.6 is 0 Å². The largest absolute Gasteiger partial charge is 0.508 e. The lowest BCUT2D eigenvalue weighted by Crippen LogP contribution is -2.10. The number of hydrogen-bond acceptors (Lipinski definition) is 3. The van der Waals surface area contributed by atoms with E-state index < -0.39 is 0 Å². The van der Waals surface area contributed by atoms with E-state index in [2.05, 4.69) is 5.32 Å². The van der Waals surface area contributed by atoms with Gasteiger partial charge in [0.15, 0.2) is 0 Å². The molecule has 106 valence electrons. The monoisotopic (exact) mass is 275 g/mol. The van der Waals surface area contributed by atoms with Gasteiger partial charge in [-0.2, -0.15) is 0 Å². The fourth-order valence-corrected chi connectivity index (χ4v) is 2.18. The predicted molar refractivity (Wildman–Crippen MR) is 77.8 cm³/mol. The average Bonchev–Trinajstić information content (AvgIpc) is 2.42. The highest BCUT2D eigenvalue weighted by Gasteiger charge is 2.16. The summed E-state index contributed by atoms with van der Waals surface area (Å²) in [6.07, 6.45) is 0. The van der Waals surface area contributed by atoms with Crippen molar-refractivity contribution in [3.8, 4) is 11.5 Å². The maximum atomic E-state index is 14.0. The van der Waals surface area contributed by atoms with E-state index >= 15 is 0 Å². The van der Waals surface area contributed by atoms with E-state index in [1.165, 1.54) is 13.2 Å². The molecule has 2 aromatic carbocycles. The topological polar surface area (TPSA) is 41.5 Å². The van der Waals surface area contributed by atoms with Crippen LogP contribution in [0.2, 0.25) is 0 Å². The number of phenolic OH excluding ortho intramolecular Hbond substituents is 1. The summed E-state index contributed by atoms with van der Waals surface area (Å²) in [6, 6.07) is 9.70. The van der Waals surface area contributed by atoms with Gasteiger partial charge in [0.25, 0.3) is 0 Å². The molecule has 4 heteroatoms. The third-order valence-electron chi connectivity index (χ3n) is 3.25. The van der Waals surface area contributed by atoms with Crippen molar-refractivity contribution >= 4 is 5.69 Å². The van der Waals surface area contributed by atoms with Gasteiger partial charge in [0.1, 0.15) is 17.3 Å². The van der Waals surface area contributed by atoms with Crippen molar-refractivity contribution in [3.05, 3.63) is 53.3 Å². The zero-order valence-electron chi connectivity index (χ0n) is 11.8. The molecular weight excluding hydrogens is 257 g/mol. The fourth-order valence-electron chi connectivity index (χ4n) is 2.18. The Labute approximate surface area is 118 Å². The molecule has 0 amide bonds. The van der Waals surface area contributed by atoms with Gasteiger partial charge in [0.05, 0.1) is 18.7 Å². The number of methoxy groups -OCH3 is 1. The van der Waals surface area contributed by atoms with Gasteiger partial charge in [0, 0.05) is 5.69 Å². The van der Waals surface area contributed by atoms with E-state index in [-0.39, 0.29) is 17.6 Å². The number of anilines is 1. The van der Waals surface area contributed by atoms with E-state index in [0.717, 1.165) is 11.3 Å². The van der Waals surface area contributed by atoms with Gasteiger partial charge < -0.3 is 15.2 Å². The lowest BCUT2D eigenvalue weighted by atomic mass is 10.1. The first-order chi connectivity index (χ1) is 9.52. The number of aromatic hydroxyl groups is 1. The molecule has 0 bridgehead atoms. The Morgan fingerprint density at radius 3 is 2.65 bits per heavy atom. The highest BCUT2D eigenvalue weighted by molar-refractivity contribution is 5.52. The molecule has 0 radical (unpaired) electrons. The molecule has 0 saturated heterocycles. The molecule has 2 N–H and O–H groups in total. The lowest BCUT2D eigenvalue weighted by molar-refractivity contribution is 0.402. The normalized spacial score (nSPS) is 12.0. The first kappa shape index (κ1) is 14.2. The second-order valence-corrected chi connectivity index (χ2v) is 4.72. The van der Waals surface area contributed by atoms with E-state index in [9.17, 15) is 9.50 Å². The predicted octanol–water partition coefficient (Wildman–Crippen LogP) is 4.02. The Morgan fingerprint density at radius 1 is 1.25 bits per heavy atom. The molecular formula is C16H18FNO2. The summed E-state index contributed by atoms with van der Waals surface area (Å²) in [7, 11) is 1.52. The summed E-state index contributed by atoms with van der Waals surface area (Å²) < 4.78 is 19.2. The van der Waals surface area contributed by atoms with Gasteiger partial charge in [-0.1, -0.05) is 6.07 Å². The Morgan fingerprint density at radius 2 is 2.00 bits per heavy atom. The average molecular weight is 275 g/mol. The number of ether oxygens (including phenoxy) is 1. The quantitative estimate of drug-likeness (QED) is 0.828. The summed E-state index contributed by atoms with van der Waals surface area (Å²) in [6.45, 7) is 3.68. The van der Waals surface area contributed by atoms with E-state index in [1.807, 2.05) is 19.9 Å². The molecule has 1 unspecified atom stereocenters. The van der Waals surface area contributed by atoms with Gasteiger partial charge in [-0.05, 0) is 49.7 Å². The van der Waals surface area contributed by atoms with E-state index in [4.69, 9.17) is 4.74 Å². The summed E-state index contributed by atoms with van der Waals surface area (Å²) in [5.74, 6) is 0.451. The number of halogens is 1. The SMILES string of the molecule is COc1cccc(F)c1C(C)Nc1ccc(O)c(C)c1. The molecule has 3 nitrogen and oxygen atoms in total. The van der Waals surface area contributed by atoms with Crippen LogP contribution in [-0.4, -0.2) is 12.2 Å². The van der Waals surface area contributed by atoms with Crippen molar-refractivity contribution in [2.75, 3.05) is 12.4 Å². The third-order valence-corrected chi connectivity index (χ3v) is 3.25. The number of aryl methyl sites for hydroxylation is 1. The summed E-state index contributed by atoms with van der Waals surface area (Å²) in [4.78, 5) is 0. The molecule has 0 aromatic heterocycles. The number of hydrogen-bond donors (Lipinski definition) is 2. The molecule has 0 saturated carbocycles. The number of rotatable bonds is 4. The highest BCUT2D eigenvalue weighted by Crippen LogP contribution is 2.31. The van der Waals surface area contributed by atoms with Gasteiger partial charge in [-0.25, -0.2) is 4.39 Å². The second-order valence-electron chi connectivity index (χ2n) is 4.72. The molecule has 0 fully saturated rings. The smallest absolute Gasteiger partial charge is 0.132 e. The maximum absolute atomic E-state index is 14.0. The van der Waals surface area contributed by atoms with Crippen LogP contribution in [0.25, 0.3) is 0 Å². The molecule has 1 atom stereocenters. The number of nitrogens with one attached hydrogen (secondary N) is 1. The Hall–Kier alpha value is -2.23. The van der Waals surface area contributed by atoms with Crippen LogP contribution in [0.5, 0.6) is 11.5 Å². The Balaban J connectivity index is 2.28. The number of benzene rings is 2. The zero-order valence-corrected chi connectivity index (χ0v) is 11.8. The van der Waals surface area contributed by atoms with Gasteiger partial charge in [-0.3, -0.25) is 0 Å². The molecule has 0 aliphatic carbocycles. The Kier molecular flexibility index (Phi) is 4.13. The standard InChI is InChI=1S/C16H18FNO2/c1-10-9-12(7-8-14(10)19)18-11(2)16-13(17)5-4-6-15(16)20-3/h4-9,11,18-19H,1-3H3. The molecule has 0 spiro atoms. The third kappa shape index (κ3) is 2.85. The van der Waals surface area contributed by atoms with E-state index in [0.29, 0.717) is 11.3 Å². The molecule has 0 aliphatic heterocycles. The van der Waals surface area contributed by atoms with E-state index in [1.54, 1.807) is 24.3 Å². The van der Waals surface area contributed by atoms with Crippen molar-refractivity contribution in [2.45, 2.75) is 19.9 Å². The van der Waals surface area contributed by atoms with Crippen molar-refractivity contribution < 1.29 is 14.2 Å². The van der Waals surface area contributed by atoms with Crippen LogP contribution in [0, 0.1) is 12.7 Å². The number of phenols is 1. The molecule has 2 aromatic rings. The van der Waals surface area contributed by atoms with Crippen molar-refractivity contribution in [1.29, 1.82) is 0 Å². The van der Waals surface area contributed by atoms with Crippen molar-refractivity contribution in [3.63, 3.8) is 0 Å². The molecule has 2 rings (SSSR count). The van der Waals surface area contributed by atoms with Crippen LogP contribution in [0.3, 0.4) is 0 Å². The van der Waals surface area contributed by atoms with Crippen LogP contribution in [0.1, 0.15) is 24.1 Å². The maximum Gasteiger partial charge on any atom is 0.132 e. The minimum absolute atomic E-state index is 0.242. The summed E-state index contributed by atoms with van der Waals surface area (Å²) in [5.41, 5.74) is 2.07. The van der Waals surface area contributed by atoms with Crippen molar-refractivity contribution in [2.24, 2.45) is 0 Å². The van der Waals surface area contributed by atoms with Crippen LogP contribution < -0.4 is 10.1 Å². The van der Waals surface area contributed by atoms with Crippen LogP contribution in [-0.2, 0) is 0 Å². The van der Waals surface area contributed by atoms with Crippen LogP contribution in [0.15, 0.2) is 36.4 Å². The fraction of sp³-hybridized carbons (Fsp3) is 0.250. The van der Waals surface area contributed by atoms with Gasteiger partial charge in [0.2, 0.25) is 0 Å². The first-order valence-corrected chi connectivity index (χ1v) is 6.41. The second kappa shape index (κ2) is 5.82. The van der Waals surface area contributed by atoms with Gasteiger partial charge in [-0.15, -0.1) is 0 Å². The Bertz CT molecular complexity index is 613. The molecule has 20 heavy (non-hydrogen) atoms. The van der Waals surface area contributed by atoms with Crippen LogP contribution in [0.4, 0.5) is 10.1 Å².